The summed E-state index contributed by atoms with van der Waals surface area (Å²) >= 11 is 0. The van der Waals surface area contributed by atoms with Crippen molar-refractivity contribution in [1.82, 2.24) is 15.2 Å². The van der Waals surface area contributed by atoms with Gasteiger partial charge >= 0.3 is 5.97 Å². The average Bonchev–Trinajstić information content (AvgIpc) is 4.09. The van der Waals surface area contributed by atoms with Crippen molar-refractivity contribution in [3.05, 3.63) is 79.4 Å². The molecule has 0 bridgehead atoms. The molecule has 13 heteroatoms. The van der Waals surface area contributed by atoms with Crippen molar-refractivity contribution in [3.63, 3.8) is 0 Å². The van der Waals surface area contributed by atoms with Gasteiger partial charge < -0.3 is 24.4 Å². The van der Waals surface area contributed by atoms with Crippen molar-refractivity contribution >= 4 is 33.4 Å². The molecule has 0 spiro atoms. The first-order chi connectivity index (χ1) is 27.2. The monoisotopic (exact) mass is 813 g/mol. The number of ether oxygens (including phenoxy) is 3. The molecule has 2 saturated carbocycles. The lowest BCUT2D eigenvalue weighted by Gasteiger charge is -2.35. The highest BCUT2D eigenvalue weighted by atomic mass is 32.2. The Balaban J connectivity index is 1.33. The molecule has 6 rings (SSSR count). The number of amides is 2. The Hall–Kier alpha value is -5.04. The van der Waals surface area contributed by atoms with Crippen LogP contribution in [0.4, 0.5) is 0 Å². The highest BCUT2D eigenvalue weighted by molar-refractivity contribution is 7.93. The summed E-state index contributed by atoms with van der Waals surface area (Å²) in [5.74, 6) is -3.02. The fraction of sp³-hybridized carbons (Fsp3) is 0.489. The third kappa shape index (κ3) is 9.79. The van der Waals surface area contributed by atoms with Crippen LogP contribution < -0.4 is 14.8 Å². The maximum Gasteiger partial charge on any atom is 0.307 e. The van der Waals surface area contributed by atoms with Crippen LogP contribution in [0.2, 0.25) is 0 Å². The molecule has 58 heavy (non-hydrogen) atoms. The second-order valence-electron chi connectivity index (χ2n) is 17.8. The van der Waals surface area contributed by atoms with Gasteiger partial charge in [0.05, 0.1) is 42.6 Å². The number of hydrogen-bond acceptors (Lipinski definition) is 10. The number of Topliss-reactive ketones (excluding diaryl/α,β-unsaturated/α-hetero) is 1. The predicted octanol–water partition coefficient (Wildman–Crippen LogP) is 6.37. The van der Waals surface area contributed by atoms with Crippen LogP contribution in [0.3, 0.4) is 0 Å². The maximum absolute atomic E-state index is 14.7. The van der Waals surface area contributed by atoms with Crippen molar-refractivity contribution in [2.75, 3.05) is 19.4 Å². The van der Waals surface area contributed by atoms with E-state index in [1.807, 2.05) is 81.4 Å². The quantitative estimate of drug-likeness (QED) is 0.135. The van der Waals surface area contributed by atoms with Gasteiger partial charge in [0.2, 0.25) is 11.8 Å². The van der Waals surface area contributed by atoms with E-state index in [1.54, 1.807) is 40.0 Å². The van der Waals surface area contributed by atoms with E-state index in [0.29, 0.717) is 35.7 Å². The number of hydrogen-bond donors (Lipinski definition) is 1. The van der Waals surface area contributed by atoms with Crippen LogP contribution in [0.25, 0.3) is 22.5 Å². The molecule has 0 radical (unpaired) electrons. The molecule has 2 amide bonds. The second-order valence-corrected chi connectivity index (χ2v) is 20.1. The minimum absolute atomic E-state index is 0.000569. The Morgan fingerprint density at radius 1 is 0.948 bits per heavy atom. The van der Waals surface area contributed by atoms with Crippen molar-refractivity contribution in [2.24, 2.45) is 17.3 Å². The molecule has 0 unspecified atom stereocenters. The minimum atomic E-state index is -3.66. The molecule has 1 aromatic heterocycles. The first-order valence-corrected chi connectivity index (χ1v) is 21.5. The van der Waals surface area contributed by atoms with Gasteiger partial charge in [0, 0.05) is 35.6 Å². The smallest absolute Gasteiger partial charge is 0.307 e. The number of benzene rings is 2. The van der Waals surface area contributed by atoms with Crippen LogP contribution >= 0.6 is 0 Å². The lowest BCUT2D eigenvalue weighted by Crippen LogP contribution is -2.55. The summed E-state index contributed by atoms with van der Waals surface area (Å²) in [6.45, 7) is 14.7. The standard InChI is InChI=1S/C45H55N3O9S/c1-9-30-25-45(30,39(49)27-58(53,54)34-19-20-34)47-41(51)38-23-33(26-48(38)42(52)35(43(2,3)4)24-40(50)57-44(5,6)7)56-32-21-36(28-13-11-10-12-14-28)46-37(22-32)29-15-17-31(55-8)18-16-29/h9-18,21-22,30,33-35,38H,1,19-20,23-27H2,2-8H3,(H,47,51)/t30-,33-,35-,38+,45-/m1/s1. The van der Waals surface area contributed by atoms with Gasteiger partial charge in [-0.2, -0.15) is 0 Å². The number of carbonyl (C=O) groups is 4. The fourth-order valence-electron chi connectivity index (χ4n) is 7.59. The van der Waals surface area contributed by atoms with Crippen LogP contribution in [0, 0.1) is 17.3 Å². The summed E-state index contributed by atoms with van der Waals surface area (Å²) in [5, 5.41) is 2.36. The number of likely N-dealkylation sites (tertiary alicyclic amines) is 1. The molecule has 5 atom stereocenters. The molecule has 3 aliphatic rings. The molecule has 3 aromatic rings. The van der Waals surface area contributed by atoms with Gasteiger partial charge in [-0.1, -0.05) is 57.2 Å². The van der Waals surface area contributed by atoms with E-state index >= 15 is 0 Å². The lowest BCUT2D eigenvalue weighted by atomic mass is 9.77. The Kier molecular flexibility index (Phi) is 12.0. The van der Waals surface area contributed by atoms with Crippen LogP contribution in [0.15, 0.2) is 79.4 Å². The van der Waals surface area contributed by atoms with E-state index in [2.05, 4.69) is 11.9 Å². The van der Waals surface area contributed by atoms with E-state index in [4.69, 9.17) is 19.2 Å². The van der Waals surface area contributed by atoms with Gasteiger partial charge in [0.25, 0.3) is 0 Å². The van der Waals surface area contributed by atoms with E-state index in [-0.39, 0.29) is 25.8 Å². The van der Waals surface area contributed by atoms with Crippen LogP contribution in [0.5, 0.6) is 11.5 Å². The van der Waals surface area contributed by atoms with Crippen LogP contribution in [0.1, 0.15) is 73.6 Å². The lowest BCUT2D eigenvalue weighted by molar-refractivity contribution is -0.161. The molecule has 2 aliphatic carbocycles. The van der Waals surface area contributed by atoms with Gasteiger partial charge in [-0.05, 0) is 69.7 Å². The average molecular weight is 814 g/mol. The third-order valence-corrected chi connectivity index (χ3v) is 13.2. The minimum Gasteiger partial charge on any atom is -0.497 e. The fourth-order valence-corrected chi connectivity index (χ4v) is 9.30. The summed E-state index contributed by atoms with van der Waals surface area (Å²) in [7, 11) is -2.07. The number of ketones is 1. The van der Waals surface area contributed by atoms with Crippen LogP contribution in [-0.2, 0) is 33.8 Å². The van der Waals surface area contributed by atoms with Crippen LogP contribution in [-0.4, -0.2) is 89.8 Å². The van der Waals surface area contributed by atoms with E-state index in [1.165, 1.54) is 4.90 Å². The molecule has 1 saturated heterocycles. The van der Waals surface area contributed by atoms with Crippen molar-refractivity contribution in [2.45, 2.75) is 102 Å². The van der Waals surface area contributed by atoms with E-state index in [9.17, 15) is 27.6 Å². The predicted molar refractivity (Wildman–Crippen MR) is 221 cm³/mol. The van der Waals surface area contributed by atoms with Gasteiger partial charge in [-0.15, -0.1) is 6.58 Å². The van der Waals surface area contributed by atoms with E-state index in [0.717, 1.165) is 11.1 Å². The summed E-state index contributed by atoms with van der Waals surface area (Å²) in [6, 6.07) is 19.6. The zero-order chi connectivity index (χ0) is 42.2. The Morgan fingerprint density at radius 3 is 2.10 bits per heavy atom. The second kappa shape index (κ2) is 16.3. The molecule has 12 nitrogen and oxygen atoms in total. The first kappa shape index (κ1) is 42.6. The number of nitrogens with zero attached hydrogens (tertiary/aromatic N) is 2. The topological polar surface area (TPSA) is 158 Å². The molecule has 310 valence electrons. The molecule has 2 aromatic carbocycles. The van der Waals surface area contributed by atoms with Gasteiger partial charge in [-0.3, -0.25) is 19.2 Å². The third-order valence-electron chi connectivity index (χ3n) is 11.0. The number of sulfone groups is 1. The number of pyridine rings is 1. The highest BCUT2D eigenvalue weighted by Crippen LogP contribution is 2.47. The van der Waals surface area contributed by atoms with Crippen molar-refractivity contribution in [1.29, 1.82) is 0 Å². The normalized spacial score (nSPS) is 22.4. The number of methoxy groups -OCH3 is 1. The van der Waals surface area contributed by atoms with Gasteiger partial charge in [-0.25, -0.2) is 13.4 Å². The molecular weight excluding hydrogens is 759 g/mol. The van der Waals surface area contributed by atoms with Gasteiger partial charge in [0.1, 0.15) is 40.5 Å². The summed E-state index contributed by atoms with van der Waals surface area (Å²) in [5.41, 5.74) is 0.0329. The molecular formula is C45H55N3O9S. The molecule has 2 heterocycles. The highest BCUT2D eigenvalue weighted by Gasteiger charge is 2.61. The summed E-state index contributed by atoms with van der Waals surface area (Å²) in [6.07, 6.45) is 1.95. The van der Waals surface area contributed by atoms with Crippen molar-refractivity contribution in [3.8, 4) is 34.0 Å². The molecule has 1 aliphatic heterocycles. The maximum atomic E-state index is 14.7. The first-order valence-electron chi connectivity index (χ1n) is 19.8. The Bertz CT molecular complexity index is 2150. The number of nitrogens with one attached hydrogen (secondary N) is 1. The Labute approximate surface area is 341 Å². The zero-order valence-electron chi connectivity index (χ0n) is 34.4. The van der Waals surface area contributed by atoms with E-state index < -0.39 is 84.9 Å². The molecule has 3 fully saturated rings. The summed E-state index contributed by atoms with van der Waals surface area (Å²) < 4.78 is 43.4. The molecule has 1 N–H and O–H groups in total. The number of rotatable bonds is 15. The largest absolute Gasteiger partial charge is 0.497 e. The Morgan fingerprint density at radius 2 is 1.57 bits per heavy atom. The number of aromatic nitrogens is 1. The number of esters is 1. The summed E-state index contributed by atoms with van der Waals surface area (Å²) in [4.78, 5) is 62.5. The van der Waals surface area contributed by atoms with Gasteiger partial charge in [0.15, 0.2) is 15.6 Å². The SMILES string of the molecule is C=C[C@@H]1C[C@]1(NC(=O)[C@@H]1C[C@@H](Oc2cc(-c3ccccc3)nc(-c3ccc(OC)cc3)c2)CN1C(=O)[C@@H](CC(=O)OC(C)(C)C)C(C)(C)C)C(=O)CS(=O)(=O)C1CC1. The zero-order valence-corrected chi connectivity index (χ0v) is 35.3. The van der Waals surface area contributed by atoms with Crippen molar-refractivity contribution < 1.29 is 41.8 Å². The number of carbonyl (C=O) groups excluding carboxylic acids is 4.